The van der Waals surface area contributed by atoms with E-state index in [1.165, 1.54) is 12.1 Å². The number of aliphatic carboxylic acids is 1. The minimum atomic E-state index is -3.73. The van der Waals surface area contributed by atoms with Gasteiger partial charge in [-0.2, -0.15) is 0 Å². The van der Waals surface area contributed by atoms with Crippen molar-refractivity contribution in [3.8, 4) is 0 Å². The number of hydrogen-bond donors (Lipinski definition) is 2. The predicted molar refractivity (Wildman–Crippen MR) is 83.1 cm³/mol. The molecule has 1 aromatic carbocycles. The highest BCUT2D eigenvalue weighted by Crippen LogP contribution is 2.15. The summed E-state index contributed by atoms with van der Waals surface area (Å²) in [5.41, 5.74) is 0.0441. The monoisotopic (exact) mass is 346 g/mol. The fourth-order valence-electron chi connectivity index (χ4n) is 2.00. The summed E-state index contributed by atoms with van der Waals surface area (Å²) in [6.07, 6.45) is -0.476. The normalized spacial score (nSPS) is 11.5. The molecule has 0 heterocycles. The van der Waals surface area contributed by atoms with Crippen LogP contribution in [0.25, 0.3) is 0 Å². The Kier molecular flexibility index (Phi) is 6.64. The minimum Gasteiger partial charge on any atom is -0.481 e. The molecule has 128 valence electrons. The van der Waals surface area contributed by atoms with E-state index in [0.717, 1.165) is 10.4 Å². The Labute approximate surface area is 134 Å². The lowest BCUT2D eigenvalue weighted by molar-refractivity contribution is -0.136. The molecule has 0 aliphatic heterocycles. The molecular formula is C14H19FN2O5S. The Morgan fingerprint density at radius 2 is 1.87 bits per heavy atom. The van der Waals surface area contributed by atoms with E-state index in [4.69, 9.17) is 5.11 Å². The largest absolute Gasteiger partial charge is 0.481 e. The topological polar surface area (TPSA) is 104 Å². The highest BCUT2D eigenvalue weighted by molar-refractivity contribution is 7.89. The number of hydrogen-bond acceptors (Lipinski definition) is 4. The molecule has 0 spiro atoms. The van der Waals surface area contributed by atoms with E-state index < -0.39 is 39.9 Å². The van der Waals surface area contributed by atoms with Crippen LogP contribution in [-0.2, 0) is 26.0 Å². The van der Waals surface area contributed by atoms with Crippen LogP contribution in [0.2, 0.25) is 0 Å². The number of rotatable bonds is 8. The van der Waals surface area contributed by atoms with E-state index in [2.05, 4.69) is 5.32 Å². The first-order valence-corrected chi connectivity index (χ1v) is 8.58. The minimum absolute atomic E-state index is 0.0220. The summed E-state index contributed by atoms with van der Waals surface area (Å²) in [6, 6.07) is 3.52. The van der Waals surface area contributed by atoms with Gasteiger partial charge in [-0.05, 0) is 17.7 Å². The number of carbonyl (C=O) groups excluding carboxylic acids is 1. The fraction of sp³-hybridized carbons (Fsp3) is 0.429. The van der Waals surface area contributed by atoms with Crippen LogP contribution in [0.1, 0.15) is 19.4 Å². The lowest BCUT2D eigenvalue weighted by Crippen LogP contribution is -2.36. The van der Waals surface area contributed by atoms with Gasteiger partial charge in [-0.3, -0.25) is 9.59 Å². The fourth-order valence-corrected chi connectivity index (χ4v) is 3.38. The smallest absolute Gasteiger partial charge is 0.307 e. The summed E-state index contributed by atoms with van der Waals surface area (Å²) in [5, 5.41) is 10.9. The molecule has 2 N–H and O–H groups in total. The second kappa shape index (κ2) is 8.02. The van der Waals surface area contributed by atoms with Crippen molar-refractivity contribution in [2.45, 2.75) is 20.3 Å². The third-order valence-electron chi connectivity index (χ3n) is 3.09. The van der Waals surface area contributed by atoms with Gasteiger partial charge in [-0.25, -0.2) is 17.1 Å². The van der Waals surface area contributed by atoms with Crippen LogP contribution in [-0.4, -0.2) is 48.5 Å². The van der Waals surface area contributed by atoms with Gasteiger partial charge in [0, 0.05) is 18.8 Å². The van der Waals surface area contributed by atoms with Gasteiger partial charge in [0.25, 0.3) is 0 Å². The van der Waals surface area contributed by atoms with Crippen LogP contribution in [0.4, 0.5) is 10.1 Å². The van der Waals surface area contributed by atoms with Gasteiger partial charge in [-0.1, -0.05) is 19.9 Å². The van der Waals surface area contributed by atoms with E-state index in [1.807, 2.05) is 0 Å². The number of carbonyl (C=O) groups is 2. The number of anilines is 1. The Bertz CT molecular complexity index is 686. The molecule has 0 bridgehead atoms. The molecule has 1 aromatic rings. The second-order valence-electron chi connectivity index (χ2n) is 4.77. The first-order chi connectivity index (χ1) is 10.7. The summed E-state index contributed by atoms with van der Waals surface area (Å²) in [7, 11) is -3.73. The number of halogens is 1. The summed E-state index contributed by atoms with van der Waals surface area (Å²) < 4.78 is 38.8. The molecule has 1 amide bonds. The standard InChI is InChI=1S/C14H19FN2O5S/c1-3-17(4-2)23(21,22)9-13(18)16-11-6-5-10(7-14(19)20)12(15)8-11/h5-6,8H,3-4,7,9H2,1-2H3,(H,16,18)(H,19,20). The molecule has 23 heavy (non-hydrogen) atoms. The average molecular weight is 346 g/mol. The third kappa shape index (κ3) is 5.61. The van der Waals surface area contributed by atoms with Gasteiger partial charge in [0.15, 0.2) is 0 Å². The Balaban J connectivity index is 2.78. The molecule has 0 saturated carbocycles. The van der Waals surface area contributed by atoms with Crippen LogP contribution < -0.4 is 5.32 Å². The van der Waals surface area contributed by atoms with E-state index >= 15 is 0 Å². The molecule has 0 unspecified atom stereocenters. The van der Waals surface area contributed by atoms with Gasteiger partial charge in [0.05, 0.1) is 6.42 Å². The van der Waals surface area contributed by atoms with Crippen molar-refractivity contribution in [1.82, 2.24) is 4.31 Å². The van der Waals surface area contributed by atoms with Gasteiger partial charge in [0.1, 0.15) is 11.6 Å². The summed E-state index contributed by atoms with van der Waals surface area (Å²) in [5.74, 6) is -3.49. The highest BCUT2D eigenvalue weighted by atomic mass is 32.2. The van der Waals surface area contributed by atoms with Crippen molar-refractivity contribution < 1.29 is 27.5 Å². The van der Waals surface area contributed by atoms with E-state index in [1.54, 1.807) is 13.8 Å². The number of amides is 1. The molecular weight excluding hydrogens is 327 g/mol. The van der Waals surface area contributed by atoms with Crippen molar-refractivity contribution in [2.75, 3.05) is 24.2 Å². The van der Waals surface area contributed by atoms with Crippen LogP contribution >= 0.6 is 0 Å². The van der Waals surface area contributed by atoms with Crippen LogP contribution in [0.5, 0.6) is 0 Å². The van der Waals surface area contributed by atoms with Gasteiger partial charge in [-0.15, -0.1) is 0 Å². The maximum atomic E-state index is 13.7. The molecule has 0 aliphatic rings. The Hall–Kier alpha value is -2.00. The van der Waals surface area contributed by atoms with Crippen molar-refractivity contribution in [1.29, 1.82) is 0 Å². The summed E-state index contributed by atoms with van der Waals surface area (Å²) in [4.78, 5) is 22.4. The number of carboxylic acids is 1. The highest BCUT2D eigenvalue weighted by Gasteiger charge is 2.23. The first kappa shape index (κ1) is 19.0. The number of nitrogens with zero attached hydrogens (tertiary/aromatic N) is 1. The van der Waals surface area contributed by atoms with Gasteiger partial charge >= 0.3 is 5.97 Å². The van der Waals surface area contributed by atoms with Gasteiger partial charge in [0.2, 0.25) is 15.9 Å². The van der Waals surface area contributed by atoms with Gasteiger partial charge < -0.3 is 10.4 Å². The molecule has 0 atom stereocenters. The number of sulfonamides is 1. The SMILES string of the molecule is CCN(CC)S(=O)(=O)CC(=O)Nc1ccc(CC(=O)O)c(F)c1. The number of benzene rings is 1. The maximum Gasteiger partial charge on any atom is 0.307 e. The number of nitrogens with one attached hydrogen (secondary N) is 1. The molecule has 0 saturated heterocycles. The van der Waals surface area contributed by atoms with Crippen molar-refractivity contribution in [3.63, 3.8) is 0 Å². The Morgan fingerprint density at radius 3 is 2.35 bits per heavy atom. The van der Waals surface area contributed by atoms with E-state index in [0.29, 0.717) is 0 Å². The molecule has 7 nitrogen and oxygen atoms in total. The lowest BCUT2D eigenvalue weighted by Gasteiger charge is -2.18. The quantitative estimate of drug-likeness (QED) is 0.732. The zero-order chi connectivity index (χ0) is 17.6. The Morgan fingerprint density at radius 1 is 1.26 bits per heavy atom. The average Bonchev–Trinajstić information content (AvgIpc) is 2.41. The van der Waals surface area contributed by atoms with E-state index in [9.17, 15) is 22.4 Å². The molecule has 9 heteroatoms. The predicted octanol–water partition coefficient (Wildman–Crippen LogP) is 1.06. The van der Waals surface area contributed by atoms with Crippen LogP contribution in [0.3, 0.4) is 0 Å². The molecule has 0 aliphatic carbocycles. The summed E-state index contributed by atoms with van der Waals surface area (Å²) >= 11 is 0. The van der Waals surface area contributed by atoms with Crippen molar-refractivity contribution in [2.24, 2.45) is 0 Å². The number of carboxylic acid groups (broad SMARTS) is 1. The van der Waals surface area contributed by atoms with Crippen molar-refractivity contribution >= 4 is 27.6 Å². The zero-order valence-corrected chi connectivity index (χ0v) is 13.7. The van der Waals surface area contributed by atoms with Crippen LogP contribution in [0, 0.1) is 5.82 Å². The second-order valence-corrected chi connectivity index (χ2v) is 6.73. The van der Waals surface area contributed by atoms with E-state index in [-0.39, 0.29) is 24.3 Å². The lowest BCUT2D eigenvalue weighted by atomic mass is 10.1. The molecule has 0 aromatic heterocycles. The molecule has 0 fully saturated rings. The maximum absolute atomic E-state index is 13.7. The first-order valence-electron chi connectivity index (χ1n) is 6.97. The third-order valence-corrected chi connectivity index (χ3v) is 5.02. The zero-order valence-electron chi connectivity index (χ0n) is 12.9. The van der Waals surface area contributed by atoms with Crippen LogP contribution in [0.15, 0.2) is 18.2 Å². The summed E-state index contributed by atoms with van der Waals surface area (Å²) in [6.45, 7) is 3.83. The molecule has 1 rings (SSSR count). The molecule has 0 radical (unpaired) electrons. The van der Waals surface area contributed by atoms with Crippen molar-refractivity contribution in [3.05, 3.63) is 29.6 Å².